The van der Waals surface area contributed by atoms with Crippen LogP contribution in [-0.4, -0.2) is 26.8 Å². The minimum absolute atomic E-state index is 0.0536. The molecular formula is C27H24O8. The summed E-state index contributed by atoms with van der Waals surface area (Å²) in [6, 6.07) is 16.3. The summed E-state index contributed by atoms with van der Waals surface area (Å²) in [6.07, 6.45) is 0. The number of benzene rings is 3. The third-order valence-corrected chi connectivity index (χ3v) is 5.15. The lowest BCUT2D eigenvalue weighted by Crippen LogP contribution is -2.10. The maximum absolute atomic E-state index is 13.2. The average molecular weight is 476 g/mol. The number of carbonyl (C=O) groups is 1. The van der Waals surface area contributed by atoms with Crippen LogP contribution in [0.15, 0.2) is 69.9 Å². The first-order valence-corrected chi connectivity index (χ1v) is 10.9. The van der Waals surface area contributed by atoms with E-state index in [-0.39, 0.29) is 39.2 Å². The van der Waals surface area contributed by atoms with Crippen LogP contribution in [-0.2, 0) is 0 Å². The van der Waals surface area contributed by atoms with Gasteiger partial charge in [0.15, 0.2) is 11.5 Å². The summed E-state index contributed by atoms with van der Waals surface area (Å²) in [4.78, 5) is 25.9. The van der Waals surface area contributed by atoms with Gasteiger partial charge in [0.2, 0.25) is 11.2 Å². The molecule has 0 bridgehead atoms. The first kappa shape index (κ1) is 23.7. The Kier molecular flexibility index (Phi) is 6.91. The maximum Gasteiger partial charge on any atom is 0.343 e. The van der Waals surface area contributed by atoms with E-state index in [2.05, 4.69) is 0 Å². The van der Waals surface area contributed by atoms with Gasteiger partial charge in [-0.05, 0) is 50.2 Å². The van der Waals surface area contributed by atoms with E-state index in [9.17, 15) is 9.59 Å². The molecule has 4 aromatic rings. The number of hydrogen-bond acceptors (Lipinski definition) is 8. The molecule has 0 atom stereocenters. The number of methoxy groups -OCH3 is 2. The molecule has 0 fully saturated rings. The Balaban J connectivity index is 1.64. The van der Waals surface area contributed by atoms with Crippen molar-refractivity contribution in [3.8, 4) is 34.5 Å². The summed E-state index contributed by atoms with van der Waals surface area (Å²) in [7, 11) is 2.98. The van der Waals surface area contributed by atoms with Crippen LogP contribution in [0.1, 0.15) is 23.0 Å². The number of fused-ring (bicyclic) bond motifs is 1. The van der Waals surface area contributed by atoms with Crippen molar-refractivity contribution in [2.24, 2.45) is 0 Å². The minimum atomic E-state index is -0.617. The van der Waals surface area contributed by atoms with Gasteiger partial charge in [-0.25, -0.2) is 4.79 Å². The first-order valence-electron chi connectivity index (χ1n) is 10.9. The fraction of sp³-hybridized carbons (Fsp3) is 0.185. The zero-order valence-corrected chi connectivity index (χ0v) is 19.7. The number of esters is 1. The Labute approximate surface area is 201 Å². The summed E-state index contributed by atoms with van der Waals surface area (Å²) in [5.41, 5.74) is 0.146. The van der Waals surface area contributed by atoms with Crippen molar-refractivity contribution in [2.45, 2.75) is 13.8 Å². The molecule has 0 spiro atoms. The topological polar surface area (TPSA) is 93.4 Å². The van der Waals surface area contributed by atoms with Gasteiger partial charge < -0.3 is 28.1 Å². The number of aryl methyl sites for hydroxylation is 1. The second-order valence-corrected chi connectivity index (χ2v) is 7.45. The highest BCUT2D eigenvalue weighted by atomic mass is 16.5. The van der Waals surface area contributed by atoms with Gasteiger partial charge in [0.25, 0.3) is 0 Å². The van der Waals surface area contributed by atoms with Gasteiger partial charge in [0, 0.05) is 12.1 Å². The Morgan fingerprint density at radius 2 is 1.57 bits per heavy atom. The van der Waals surface area contributed by atoms with Crippen LogP contribution in [0, 0.1) is 6.92 Å². The van der Waals surface area contributed by atoms with E-state index in [1.54, 1.807) is 43.3 Å². The smallest absolute Gasteiger partial charge is 0.343 e. The average Bonchev–Trinajstić information content (AvgIpc) is 2.87. The lowest BCUT2D eigenvalue weighted by atomic mass is 10.2. The van der Waals surface area contributed by atoms with Gasteiger partial charge in [-0.1, -0.05) is 12.1 Å². The third-order valence-electron chi connectivity index (χ3n) is 5.15. The monoisotopic (exact) mass is 476 g/mol. The predicted octanol–water partition coefficient (Wildman–Crippen LogP) is 5.53. The molecule has 0 amide bonds. The molecule has 0 N–H and O–H groups in total. The lowest BCUT2D eigenvalue weighted by molar-refractivity contribution is 0.0734. The highest BCUT2D eigenvalue weighted by molar-refractivity contribution is 5.92. The van der Waals surface area contributed by atoms with E-state index < -0.39 is 5.97 Å². The largest absolute Gasteiger partial charge is 0.497 e. The van der Waals surface area contributed by atoms with Crippen LogP contribution in [0.3, 0.4) is 0 Å². The SMILES string of the molecule is CCOc1ccccc1Oc1c(C)oc2cc(OC(=O)c3cc(OC)cc(OC)c3)ccc2c1=O. The van der Waals surface area contributed by atoms with Crippen LogP contribution >= 0.6 is 0 Å². The predicted molar refractivity (Wildman–Crippen MR) is 129 cm³/mol. The van der Waals surface area contributed by atoms with Crippen molar-refractivity contribution >= 4 is 16.9 Å². The molecule has 8 heteroatoms. The molecule has 180 valence electrons. The summed E-state index contributed by atoms with van der Waals surface area (Å²) < 4.78 is 33.2. The van der Waals surface area contributed by atoms with E-state index >= 15 is 0 Å². The first-order chi connectivity index (χ1) is 16.9. The van der Waals surface area contributed by atoms with E-state index in [0.29, 0.717) is 29.6 Å². The molecule has 4 rings (SSSR count). The molecule has 0 aliphatic heterocycles. The van der Waals surface area contributed by atoms with Gasteiger partial charge in [0.1, 0.15) is 28.6 Å². The number of rotatable bonds is 8. The quantitative estimate of drug-likeness (QED) is 0.242. The molecule has 35 heavy (non-hydrogen) atoms. The van der Waals surface area contributed by atoms with E-state index in [1.165, 1.54) is 32.4 Å². The van der Waals surface area contributed by atoms with Gasteiger partial charge in [0.05, 0.1) is 31.8 Å². The van der Waals surface area contributed by atoms with E-state index in [4.69, 9.17) is 28.1 Å². The molecule has 0 saturated heterocycles. The summed E-state index contributed by atoms with van der Waals surface area (Å²) in [5.74, 6) is 1.75. The van der Waals surface area contributed by atoms with Crippen LogP contribution in [0.4, 0.5) is 0 Å². The van der Waals surface area contributed by atoms with E-state index in [0.717, 1.165) is 0 Å². The number of ether oxygens (including phenoxy) is 5. The molecule has 0 saturated carbocycles. The molecular weight excluding hydrogens is 452 g/mol. The van der Waals surface area contributed by atoms with Crippen molar-refractivity contribution in [3.05, 3.63) is 82.2 Å². The molecule has 3 aromatic carbocycles. The Morgan fingerprint density at radius 3 is 2.23 bits per heavy atom. The van der Waals surface area contributed by atoms with Crippen LogP contribution in [0.5, 0.6) is 34.5 Å². The zero-order chi connectivity index (χ0) is 24.9. The maximum atomic E-state index is 13.2. The molecule has 8 nitrogen and oxygen atoms in total. The van der Waals surface area contributed by atoms with Crippen molar-refractivity contribution in [1.82, 2.24) is 0 Å². The molecule has 0 unspecified atom stereocenters. The Hall–Kier alpha value is -4.46. The fourth-order valence-electron chi connectivity index (χ4n) is 3.46. The molecule has 0 aliphatic rings. The lowest BCUT2D eigenvalue weighted by Gasteiger charge is -2.13. The van der Waals surface area contributed by atoms with Gasteiger partial charge in [-0.15, -0.1) is 0 Å². The van der Waals surface area contributed by atoms with Crippen molar-refractivity contribution in [2.75, 3.05) is 20.8 Å². The van der Waals surface area contributed by atoms with Gasteiger partial charge >= 0.3 is 5.97 Å². The Morgan fingerprint density at radius 1 is 0.886 bits per heavy atom. The van der Waals surface area contributed by atoms with Crippen LogP contribution < -0.4 is 29.1 Å². The van der Waals surface area contributed by atoms with Crippen LogP contribution in [0.2, 0.25) is 0 Å². The summed E-state index contributed by atoms with van der Waals surface area (Å²) in [6.45, 7) is 3.94. The second-order valence-electron chi connectivity index (χ2n) is 7.45. The molecule has 0 radical (unpaired) electrons. The fourth-order valence-corrected chi connectivity index (χ4v) is 3.46. The molecule has 0 aliphatic carbocycles. The third kappa shape index (κ3) is 5.06. The highest BCUT2D eigenvalue weighted by Gasteiger charge is 2.18. The van der Waals surface area contributed by atoms with Crippen molar-refractivity contribution in [1.29, 1.82) is 0 Å². The number of carbonyl (C=O) groups excluding carboxylic acids is 1. The van der Waals surface area contributed by atoms with Gasteiger partial charge in [-0.3, -0.25) is 4.79 Å². The Bertz CT molecular complexity index is 1420. The van der Waals surface area contributed by atoms with Crippen LogP contribution in [0.25, 0.3) is 11.0 Å². The highest BCUT2D eigenvalue weighted by Crippen LogP contribution is 2.33. The van der Waals surface area contributed by atoms with E-state index in [1.807, 2.05) is 13.0 Å². The minimum Gasteiger partial charge on any atom is -0.497 e. The van der Waals surface area contributed by atoms with Crippen molar-refractivity contribution in [3.63, 3.8) is 0 Å². The summed E-state index contributed by atoms with van der Waals surface area (Å²) >= 11 is 0. The van der Waals surface area contributed by atoms with Crippen molar-refractivity contribution < 1.29 is 32.9 Å². The summed E-state index contributed by atoms with van der Waals surface area (Å²) in [5, 5.41) is 0.280. The number of para-hydroxylation sites is 2. The number of hydrogen-bond donors (Lipinski definition) is 0. The van der Waals surface area contributed by atoms with Gasteiger partial charge in [-0.2, -0.15) is 0 Å². The molecule has 1 aromatic heterocycles. The molecule has 1 heterocycles. The second kappa shape index (κ2) is 10.2. The normalized spacial score (nSPS) is 10.6. The standard InChI is InChI=1S/C27H24O8/c1-5-32-22-8-6-7-9-23(22)35-26-16(2)33-24-15-18(10-11-21(24)25(26)28)34-27(29)17-12-19(30-3)14-20(13-17)31-4/h6-15H,5H2,1-4H3. The zero-order valence-electron chi connectivity index (χ0n) is 19.7.